The third-order valence-corrected chi connectivity index (χ3v) is 4.42. The molecule has 3 rings (SSSR count). The Morgan fingerprint density at radius 2 is 1.89 bits per heavy atom. The molecule has 0 radical (unpaired) electrons. The Hall–Kier alpha value is -2.73. The lowest BCUT2D eigenvalue weighted by Crippen LogP contribution is -2.31. The Bertz CT molecular complexity index is 822. The van der Waals surface area contributed by atoms with Crippen LogP contribution in [-0.2, 0) is 20.7 Å². The molecule has 1 heterocycles. The molecule has 0 aromatic heterocycles. The molecule has 2 aromatic carbocycles. The summed E-state index contributed by atoms with van der Waals surface area (Å²) in [6.07, 6.45) is 0.679. The number of fused-ring (bicyclic) bond motifs is 1. The normalized spacial score (nSPS) is 13.1. The monoisotopic (exact) mass is 389 g/mol. The van der Waals surface area contributed by atoms with Gasteiger partial charge in [-0.15, -0.1) is 0 Å². The van der Waals surface area contributed by atoms with E-state index in [0.29, 0.717) is 22.9 Å². The first-order valence-corrected chi connectivity index (χ1v) is 8.98. The van der Waals surface area contributed by atoms with Gasteiger partial charge in [0.1, 0.15) is 0 Å². The predicted molar refractivity (Wildman–Crippen MR) is 99.9 cm³/mol. The highest BCUT2D eigenvalue weighted by molar-refractivity contribution is 6.30. The minimum Gasteiger partial charge on any atom is -0.456 e. The summed E-state index contributed by atoms with van der Waals surface area (Å²) < 4.78 is 15.6. The van der Waals surface area contributed by atoms with E-state index in [1.165, 1.54) is 0 Å². The quantitative estimate of drug-likeness (QED) is 0.734. The van der Waals surface area contributed by atoms with E-state index in [4.69, 9.17) is 25.8 Å². The Morgan fingerprint density at radius 1 is 1.15 bits per heavy atom. The minimum atomic E-state index is -0.429. The summed E-state index contributed by atoms with van der Waals surface area (Å²) in [5, 5.41) is 3.42. The van der Waals surface area contributed by atoms with Gasteiger partial charge in [-0.1, -0.05) is 29.8 Å². The van der Waals surface area contributed by atoms with Gasteiger partial charge in [0.2, 0.25) is 6.79 Å². The van der Waals surface area contributed by atoms with Crippen LogP contribution in [0.15, 0.2) is 42.5 Å². The van der Waals surface area contributed by atoms with E-state index in [9.17, 15) is 9.59 Å². The summed E-state index contributed by atoms with van der Waals surface area (Å²) in [6.45, 7) is 1.75. The third kappa shape index (κ3) is 5.37. The molecule has 142 valence electrons. The zero-order chi connectivity index (χ0) is 19.2. The standard InChI is InChI=1S/C20H20ClNO5/c1-13(15-4-6-16(21)7-5-15)22-19(23)11-25-20(24)9-3-14-2-8-17-18(10-14)27-12-26-17/h2,4-8,10,13H,3,9,11-12H2,1H3,(H,22,23). The van der Waals surface area contributed by atoms with E-state index in [1.54, 1.807) is 12.1 Å². The zero-order valence-electron chi connectivity index (χ0n) is 14.9. The SMILES string of the molecule is CC(NC(=O)COC(=O)CCc1ccc2c(c1)OCO2)c1ccc(Cl)cc1. The molecule has 27 heavy (non-hydrogen) atoms. The van der Waals surface area contributed by atoms with E-state index >= 15 is 0 Å². The van der Waals surface area contributed by atoms with Crippen molar-refractivity contribution in [2.75, 3.05) is 13.4 Å². The second kappa shape index (κ2) is 8.77. The predicted octanol–water partition coefficient (Wildman–Crippen LogP) is 3.42. The molecule has 1 amide bonds. The molecule has 0 aliphatic carbocycles. The van der Waals surface area contributed by atoms with Crippen LogP contribution in [0, 0.1) is 0 Å². The highest BCUT2D eigenvalue weighted by Crippen LogP contribution is 2.32. The first kappa shape index (κ1) is 19.0. The largest absolute Gasteiger partial charge is 0.456 e. The molecule has 0 saturated carbocycles. The van der Waals surface area contributed by atoms with Crippen molar-refractivity contribution < 1.29 is 23.8 Å². The molecule has 2 aromatic rings. The molecule has 1 N–H and O–H groups in total. The van der Waals surface area contributed by atoms with Crippen LogP contribution in [0.2, 0.25) is 5.02 Å². The average molecular weight is 390 g/mol. The van der Waals surface area contributed by atoms with Crippen LogP contribution in [0.25, 0.3) is 0 Å². The van der Waals surface area contributed by atoms with Crippen LogP contribution in [0.3, 0.4) is 0 Å². The van der Waals surface area contributed by atoms with Crippen LogP contribution in [0.1, 0.15) is 30.5 Å². The van der Waals surface area contributed by atoms with Gasteiger partial charge in [0.25, 0.3) is 5.91 Å². The summed E-state index contributed by atoms with van der Waals surface area (Å²) in [4.78, 5) is 23.8. The molecule has 0 spiro atoms. The number of aryl methyl sites for hydroxylation is 1. The van der Waals surface area contributed by atoms with Crippen LogP contribution in [0.4, 0.5) is 0 Å². The lowest BCUT2D eigenvalue weighted by molar-refractivity contribution is -0.148. The van der Waals surface area contributed by atoms with Crippen LogP contribution < -0.4 is 14.8 Å². The van der Waals surface area contributed by atoms with Crippen molar-refractivity contribution in [2.24, 2.45) is 0 Å². The number of halogens is 1. The van der Waals surface area contributed by atoms with E-state index in [0.717, 1.165) is 11.1 Å². The molecule has 1 aliphatic rings. The average Bonchev–Trinajstić information content (AvgIpc) is 3.13. The topological polar surface area (TPSA) is 73.9 Å². The van der Waals surface area contributed by atoms with Crippen molar-refractivity contribution in [1.82, 2.24) is 5.32 Å². The Kier molecular flexibility index (Phi) is 6.19. The van der Waals surface area contributed by atoms with Gasteiger partial charge in [0.15, 0.2) is 18.1 Å². The second-order valence-corrected chi connectivity index (χ2v) is 6.63. The van der Waals surface area contributed by atoms with Gasteiger partial charge >= 0.3 is 5.97 Å². The maximum absolute atomic E-state index is 12.0. The number of rotatable bonds is 7. The van der Waals surface area contributed by atoms with Gasteiger partial charge in [-0.05, 0) is 48.7 Å². The number of nitrogens with one attached hydrogen (secondary N) is 1. The Morgan fingerprint density at radius 3 is 2.67 bits per heavy atom. The van der Waals surface area contributed by atoms with Crippen LogP contribution >= 0.6 is 11.6 Å². The summed E-state index contributed by atoms with van der Waals surface area (Å²) >= 11 is 5.85. The fraction of sp³-hybridized carbons (Fsp3) is 0.300. The maximum Gasteiger partial charge on any atom is 0.306 e. The lowest BCUT2D eigenvalue weighted by Gasteiger charge is -2.14. The summed E-state index contributed by atoms with van der Waals surface area (Å²) in [7, 11) is 0. The van der Waals surface area contributed by atoms with Crippen LogP contribution in [-0.4, -0.2) is 25.3 Å². The highest BCUT2D eigenvalue weighted by atomic mass is 35.5. The van der Waals surface area contributed by atoms with E-state index in [1.807, 2.05) is 37.3 Å². The zero-order valence-corrected chi connectivity index (χ0v) is 15.6. The van der Waals surface area contributed by atoms with Crippen molar-refractivity contribution in [3.63, 3.8) is 0 Å². The summed E-state index contributed by atoms with van der Waals surface area (Å²) in [5.74, 6) is 0.597. The Labute approximate surface area is 162 Å². The van der Waals surface area contributed by atoms with Crippen molar-refractivity contribution in [1.29, 1.82) is 0 Å². The molecule has 1 aliphatic heterocycles. The van der Waals surface area contributed by atoms with Crippen molar-refractivity contribution in [3.05, 3.63) is 58.6 Å². The molecule has 1 atom stereocenters. The smallest absolute Gasteiger partial charge is 0.306 e. The molecular formula is C20H20ClNO5. The number of esters is 1. The van der Waals surface area contributed by atoms with Crippen molar-refractivity contribution >= 4 is 23.5 Å². The van der Waals surface area contributed by atoms with Gasteiger partial charge < -0.3 is 19.5 Å². The molecule has 0 saturated heterocycles. The van der Waals surface area contributed by atoms with Gasteiger partial charge in [-0.25, -0.2) is 0 Å². The first-order chi connectivity index (χ1) is 13.0. The maximum atomic E-state index is 12.0. The summed E-state index contributed by atoms with van der Waals surface area (Å²) in [5.41, 5.74) is 1.86. The molecule has 1 unspecified atom stereocenters. The number of carbonyl (C=O) groups excluding carboxylic acids is 2. The highest BCUT2D eigenvalue weighted by Gasteiger charge is 2.15. The fourth-order valence-corrected chi connectivity index (χ4v) is 2.80. The lowest BCUT2D eigenvalue weighted by atomic mass is 10.1. The molecule has 0 fully saturated rings. The minimum absolute atomic E-state index is 0.180. The number of ether oxygens (including phenoxy) is 3. The van der Waals surface area contributed by atoms with Gasteiger partial charge in [0.05, 0.1) is 6.04 Å². The molecule has 6 nitrogen and oxygen atoms in total. The number of carbonyl (C=O) groups is 2. The summed E-state index contributed by atoms with van der Waals surface area (Å²) in [6, 6.07) is 12.5. The van der Waals surface area contributed by atoms with Crippen molar-refractivity contribution in [3.8, 4) is 11.5 Å². The van der Waals surface area contributed by atoms with Crippen LogP contribution in [0.5, 0.6) is 11.5 Å². The molecule has 0 bridgehead atoms. The third-order valence-electron chi connectivity index (χ3n) is 4.17. The number of hydrogen-bond acceptors (Lipinski definition) is 5. The fourth-order valence-electron chi connectivity index (χ4n) is 2.68. The number of hydrogen-bond donors (Lipinski definition) is 1. The van der Waals surface area contributed by atoms with E-state index in [2.05, 4.69) is 5.32 Å². The Balaban J connectivity index is 1.39. The number of benzene rings is 2. The first-order valence-electron chi connectivity index (χ1n) is 8.60. The van der Waals surface area contributed by atoms with Gasteiger partial charge in [-0.3, -0.25) is 9.59 Å². The molecule has 7 heteroatoms. The number of amides is 1. The molecular weight excluding hydrogens is 370 g/mol. The van der Waals surface area contributed by atoms with E-state index < -0.39 is 5.97 Å². The van der Waals surface area contributed by atoms with E-state index in [-0.39, 0.29) is 31.8 Å². The second-order valence-electron chi connectivity index (χ2n) is 6.19. The van der Waals surface area contributed by atoms with Gasteiger partial charge in [0, 0.05) is 11.4 Å². The van der Waals surface area contributed by atoms with Gasteiger partial charge in [-0.2, -0.15) is 0 Å². The van der Waals surface area contributed by atoms with Crippen molar-refractivity contribution in [2.45, 2.75) is 25.8 Å².